The second-order valence-electron chi connectivity index (χ2n) is 18.4. The van der Waals surface area contributed by atoms with Gasteiger partial charge in [0.1, 0.15) is 0 Å². The van der Waals surface area contributed by atoms with Crippen molar-refractivity contribution in [3.8, 4) is 50.2 Å². The molecule has 0 saturated carbocycles. The van der Waals surface area contributed by atoms with Crippen LogP contribution < -0.4 is 4.90 Å². The van der Waals surface area contributed by atoms with Crippen LogP contribution in [0.15, 0.2) is 267 Å². The molecule has 12 aromatic carbocycles. The van der Waals surface area contributed by atoms with Crippen molar-refractivity contribution in [2.24, 2.45) is 0 Å². The van der Waals surface area contributed by atoms with Crippen molar-refractivity contribution < 1.29 is 0 Å². The van der Waals surface area contributed by atoms with Crippen molar-refractivity contribution in [2.45, 2.75) is 0 Å². The summed E-state index contributed by atoms with van der Waals surface area (Å²) in [5, 5.41) is 10.0. The van der Waals surface area contributed by atoms with Crippen LogP contribution in [0.5, 0.6) is 0 Å². The van der Waals surface area contributed by atoms with Gasteiger partial charge in [-0.25, -0.2) is 0 Å². The molecule has 0 aliphatic carbocycles. The molecular weight excluding hydrogens is 877 g/mol. The lowest BCUT2D eigenvalue weighted by Crippen LogP contribution is -2.11. The molecule has 0 unspecified atom stereocenters. The average molecular weight is 921 g/mol. The Labute approximate surface area is 416 Å². The fourth-order valence-electron chi connectivity index (χ4n) is 11.1. The van der Waals surface area contributed by atoms with E-state index in [-0.39, 0.29) is 0 Å². The molecule has 0 N–H and O–H groups in total. The van der Waals surface area contributed by atoms with E-state index in [1.54, 1.807) is 0 Å². The fraction of sp³-hybridized carbons (Fsp3) is 0. The highest BCUT2D eigenvalue weighted by Crippen LogP contribution is 2.47. The second-order valence-corrected chi connectivity index (χ2v) is 19.5. The lowest BCUT2D eigenvalue weighted by atomic mass is 9.94. The molecule has 14 rings (SSSR count). The Bertz CT molecular complexity index is 4160. The van der Waals surface area contributed by atoms with Crippen LogP contribution in [-0.2, 0) is 0 Å². The molecule has 0 bridgehead atoms. The fourth-order valence-corrected chi connectivity index (χ4v) is 12.2. The zero-order valence-electron chi connectivity index (χ0n) is 38.7. The van der Waals surface area contributed by atoms with Crippen molar-refractivity contribution in [2.75, 3.05) is 4.90 Å². The van der Waals surface area contributed by atoms with E-state index >= 15 is 0 Å². The minimum atomic E-state index is 1.08. The van der Waals surface area contributed by atoms with Crippen LogP contribution in [0.25, 0.3) is 114 Å². The third-order valence-electron chi connectivity index (χ3n) is 14.4. The standard InChI is InChI=1S/C68H44N2S/c1-3-19-53-45(15-1)17-13-25-55(53)47-31-37-51(38-32-47)69(52-39-33-48(34-40-52)56-26-14-18-46-16-2-4-20-54(46)56)66-41-35-49(43-61(66)50-36-42-68-62(44-50)60-24-8-12-30-67(60)71-68)57-21-5-9-27-63(57)70-64-28-10-6-22-58(64)59-23-7-11-29-65(59)70/h1-44H. The summed E-state index contributed by atoms with van der Waals surface area (Å²) in [5.74, 6) is 0. The van der Waals surface area contributed by atoms with Gasteiger partial charge in [0.15, 0.2) is 0 Å². The Morgan fingerprint density at radius 3 is 1.37 bits per heavy atom. The van der Waals surface area contributed by atoms with E-state index in [0.717, 1.165) is 39.4 Å². The number of rotatable bonds is 8. The molecular formula is C68H44N2S. The predicted octanol–water partition coefficient (Wildman–Crippen LogP) is 19.6. The van der Waals surface area contributed by atoms with E-state index in [0.29, 0.717) is 0 Å². The Kier molecular flexibility index (Phi) is 9.75. The third-order valence-corrected chi connectivity index (χ3v) is 15.6. The zero-order chi connectivity index (χ0) is 46.8. The molecule has 332 valence electrons. The van der Waals surface area contributed by atoms with E-state index in [1.807, 2.05) is 11.3 Å². The van der Waals surface area contributed by atoms with Gasteiger partial charge in [-0.15, -0.1) is 11.3 Å². The molecule has 2 aromatic heterocycles. The highest BCUT2D eigenvalue weighted by atomic mass is 32.1. The van der Waals surface area contributed by atoms with Gasteiger partial charge in [-0.2, -0.15) is 0 Å². The van der Waals surface area contributed by atoms with Gasteiger partial charge in [0.05, 0.1) is 22.4 Å². The second kappa shape index (κ2) is 16.9. The van der Waals surface area contributed by atoms with Crippen LogP contribution in [0, 0.1) is 0 Å². The number of fused-ring (bicyclic) bond motifs is 8. The quantitative estimate of drug-likeness (QED) is 0.147. The van der Waals surface area contributed by atoms with E-state index in [4.69, 9.17) is 0 Å². The molecule has 0 radical (unpaired) electrons. The van der Waals surface area contributed by atoms with Gasteiger partial charge in [0, 0.05) is 53.4 Å². The summed E-state index contributed by atoms with van der Waals surface area (Å²) in [6.07, 6.45) is 0. The van der Waals surface area contributed by atoms with Crippen molar-refractivity contribution in [3.63, 3.8) is 0 Å². The first-order chi connectivity index (χ1) is 35.2. The number of hydrogen-bond acceptors (Lipinski definition) is 2. The van der Waals surface area contributed by atoms with Gasteiger partial charge in [-0.1, -0.05) is 194 Å². The lowest BCUT2D eigenvalue weighted by Gasteiger charge is -2.29. The minimum Gasteiger partial charge on any atom is -0.310 e. The topological polar surface area (TPSA) is 8.17 Å². The molecule has 0 aliphatic rings. The maximum Gasteiger partial charge on any atom is 0.0541 e. The Morgan fingerprint density at radius 1 is 0.282 bits per heavy atom. The van der Waals surface area contributed by atoms with Crippen molar-refractivity contribution in [3.05, 3.63) is 267 Å². The number of hydrogen-bond donors (Lipinski definition) is 0. The Hall–Kier alpha value is -9.02. The first-order valence-electron chi connectivity index (χ1n) is 24.3. The van der Waals surface area contributed by atoms with Crippen molar-refractivity contribution in [1.29, 1.82) is 0 Å². The molecule has 0 aliphatic heterocycles. The molecule has 71 heavy (non-hydrogen) atoms. The number of anilines is 3. The van der Waals surface area contributed by atoms with Crippen LogP contribution in [0.1, 0.15) is 0 Å². The molecule has 2 heterocycles. The molecule has 14 aromatic rings. The highest BCUT2D eigenvalue weighted by molar-refractivity contribution is 7.25. The first-order valence-corrected chi connectivity index (χ1v) is 25.1. The lowest BCUT2D eigenvalue weighted by molar-refractivity contribution is 1.18. The maximum atomic E-state index is 2.45. The molecule has 2 nitrogen and oxygen atoms in total. The summed E-state index contributed by atoms with van der Waals surface area (Å²) in [6, 6.07) is 98.2. The Morgan fingerprint density at radius 2 is 0.732 bits per heavy atom. The Balaban J connectivity index is 0.992. The van der Waals surface area contributed by atoms with Crippen molar-refractivity contribution >= 4 is 91.9 Å². The smallest absolute Gasteiger partial charge is 0.0541 e. The van der Waals surface area contributed by atoms with Crippen LogP contribution in [-0.4, -0.2) is 4.57 Å². The molecule has 0 saturated heterocycles. The number of thiophene rings is 1. The SMILES string of the molecule is c1ccc(-n2c3ccccc3c3ccccc32)c(-c2ccc(N(c3ccc(-c4cccc5ccccc45)cc3)c3ccc(-c4cccc5ccccc45)cc3)c(-c3ccc4sc5ccccc5c4c3)c2)c1. The van der Waals surface area contributed by atoms with E-state index in [1.165, 1.54) is 91.3 Å². The summed E-state index contributed by atoms with van der Waals surface area (Å²) in [4.78, 5) is 2.45. The van der Waals surface area contributed by atoms with Crippen LogP contribution in [0.3, 0.4) is 0 Å². The summed E-state index contributed by atoms with van der Waals surface area (Å²) < 4.78 is 5.03. The molecule has 0 fully saturated rings. The first kappa shape index (κ1) is 41.0. The summed E-state index contributed by atoms with van der Waals surface area (Å²) >= 11 is 1.86. The monoisotopic (exact) mass is 920 g/mol. The zero-order valence-corrected chi connectivity index (χ0v) is 39.5. The number of para-hydroxylation sites is 3. The van der Waals surface area contributed by atoms with Crippen LogP contribution >= 0.6 is 11.3 Å². The minimum absolute atomic E-state index is 1.08. The van der Waals surface area contributed by atoms with Crippen molar-refractivity contribution in [1.82, 2.24) is 4.57 Å². The molecule has 3 heteroatoms. The average Bonchev–Trinajstić information content (AvgIpc) is 3.99. The predicted molar refractivity (Wildman–Crippen MR) is 305 cm³/mol. The van der Waals surface area contributed by atoms with Gasteiger partial charge in [0.2, 0.25) is 0 Å². The summed E-state index contributed by atoms with van der Waals surface area (Å²) in [7, 11) is 0. The van der Waals surface area contributed by atoms with Gasteiger partial charge in [-0.05, 0) is 128 Å². The number of nitrogens with zero attached hydrogens (tertiary/aromatic N) is 2. The number of benzene rings is 12. The summed E-state index contributed by atoms with van der Waals surface area (Å²) in [5.41, 5.74) is 16.2. The van der Waals surface area contributed by atoms with Gasteiger partial charge < -0.3 is 9.47 Å². The van der Waals surface area contributed by atoms with E-state index < -0.39 is 0 Å². The van der Waals surface area contributed by atoms with Gasteiger partial charge in [0.25, 0.3) is 0 Å². The van der Waals surface area contributed by atoms with Gasteiger partial charge >= 0.3 is 0 Å². The van der Waals surface area contributed by atoms with E-state index in [9.17, 15) is 0 Å². The van der Waals surface area contributed by atoms with E-state index in [2.05, 4.69) is 276 Å². The third kappa shape index (κ3) is 6.93. The van der Waals surface area contributed by atoms with Gasteiger partial charge in [-0.3, -0.25) is 0 Å². The van der Waals surface area contributed by atoms with Crippen LogP contribution in [0.4, 0.5) is 17.1 Å². The molecule has 0 amide bonds. The normalized spacial score (nSPS) is 11.7. The molecule has 0 atom stereocenters. The summed E-state index contributed by atoms with van der Waals surface area (Å²) in [6.45, 7) is 0. The largest absolute Gasteiger partial charge is 0.310 e. The van der Waals surface area contributed by atoms with Crippen LogP contribution in [0.2, 0.25) is 0 Å². The number of aromatic nitrogens is 1. The maximum absolute atomic E-state index is 2.45. The highest BCUT2D eigenvalue weighted by Gasteiger charge is 2.22. The molecule has 0 spiro atoms.